The summed E-state index contributed by atoms with van der Waals surface area (Å²) >= 11 is 1.88. The van der Waals surface area contributed by atoms with Gasteiger partial charge in [0.15, 0.2) is 0 Å². The fourth-order valence-electron chi connectivity index (χ4n) is 9.67. The maximum absolute atomic E-state index is 2.56. The zero-order chi connectivity index (χ0) is 37.0. The fourth-order valence-corrected chi connectivity index (χ4v) is 10.8. The summed E-state index contributed by atoms with van der Waals surface area (Å²) in [5.74, 6) is 0. The fraction of sp³-hybridized carbons (Fsp3) is 0.0566. The summed E-state index contributed by atoms with van der Waals surface area (Å²) in [4.78, 5) is 2.56. The van der Waals surface area contributed by atoms with Crippen LogP contribution in [0.25, 0.3) is 86.3 Å². The minimum absolute atomic E-state index is 0.171. The minimum atomic E-state index is -0.171. The molecule has 1 aliphatic heterocycles. The van der Waals surface area contributed by atoms with Crippen LogP contribution < -0.4 is 4.90 Å². The molecule has 1 atom stereocenters. The minimum Gasteiger partial charge on any atom is -0.331 e. The Balaban J connectivity index is 1.04. The van der Waals surface area contributed by atoms with E-state index in [0.717, 1.165) is 6.42 Å². The smallest absolute Gasteiger partial charge is 0.0715 e. The lowest BCUT2D eigenvalue weighted by atomic mass is 9.83. The third kappa shape index (κ3) is 4.55. The van der Waals surface area contributed by atoms with Crippen LogP contribution in [-0.4, -0.2) is 10.1 Å². The second kappa shape index (κ2) is 11.9. The van der Waals surface area contributed by atoms with E-state index in [-0.39, 0.29) is 5.54 Å². The molecule has 8 aromatic carbocycles. The van der Waals surface area contributed by atoms with E-state index in [9.17, 15) is 0 Å². The van der Waals surface area contributed by atoms with Crippen LogP contribution in [0.3, 0.4) is 0 Å². The van der Waals surface area contributed by atoms with Crippen molar-refractivity contribution in [3.05, 3.63) is 194 Å². The number of fused-ring (bicyclic) bond motifs is 11. The molecule has 0 bridgehead atoms. The summed E-state index contributed by atoms with van der Waals surface area (Å²) in [6.45, 7) is 2.40. The Morgan fingerprint density at radius 3 is 2.16 bits per heavy atom. The standard InChI is InChI=1S/C53H36N2S/c1-53-30-10-9-16-46(53)45-33-39(22-28-48(45)55(53)40-23-18-36(19-24-40)34-11-3-2-4-12-34)38-21-27-47-44(32-38)42-26-29-50-51(43-15-7-8-17-49(43)56-50)52(42)54(47)41-25-20-35-13-5-6-14-37(35)31-41/h2-29,31-33H,30H2,1H3. The van der Waals surface area contributed by atoms with Crippen molar-refractivity contribution in [2.75, 3.05) is 4.90 Å². The number of hydrogen-bond donors (Lipinski definition) is 0. The van der Waals surface area contributed by atoms with Crippen LogP contribution in [-0.2, 0) is 0 Å². The first kappa shape index (κ1) is 31.6. The van der Waals surface area contributed by atoms with Crippen molar-refractivity contribution in [2.24, 2.45) is 0 Å². The predicted molar refractivity (Wildman–Crippen MR) is 241 cm³/mol. The molecule has 0 N–H and O–H groups in total. The quantitative estimate of drug-likeness (QED) is 0.175. The number of thiophene rings is 1. The Kier molecular flexibility index (Phi) is 6.73. The Morgan fingerprint density at radius 2 is 1.27 bits per heavy atom. The van der Waals surface area contributed by atoms with Crippen LogP contribution >= 0.6 is 11.3 Å². The molecular formula is C53H36N2S. The highest BCUT2D eigenvalue weighted by Gasteiger charge is 2.45. The number of benzene rings is 8. The summed E-state index contributed by atoms with van der Waals surface area (Å²) in [6.07, 6.45) is 7.84. The molecule has 0 saturated carbocycles. The lowest BCUT2D eigenvalue weighted by molar-refractivity contribution is 0.607. The van der Waals surface area contributed by atoms with Crippen LogP contribution in [0.2, 0.25) is 0 Å². The van der Waals surface area contributed by atoms with E-state index in [4.69, 9.17) is 0 Å². The average Bonchev–Trinajstić information content (AvgIpc) is 3.88. The van der Waals surface area contributed by atoms with Gasteiger partial charge >= 0.3 is 0 Å². The molecule has 2 aliphatic rings. The van der Waals surface area contributed by atoms with Gasteiger partial charge < -0.3 is 9.47 Å². The van der Waals surface area contributed by atoms with Crippen LogP contribution in [0.5, 0.6) is 0 Å². The van der Waals surface area contributed by atoms with Gasteiger partial charge in [0.05, 0.1) is 16.6 Å². The largest absolute Gasteiger partial charge is 0.331 e. The molecule has 0 saturated heterocycles. The molecule has 3 heterocycles. The zero-order valence-electron chi connectivity index (χ0n) is 30.9. The summed E-state index contributed by atoms with van der Waals surface area (Å²) in [5.41, 5.74) is 13.6. The number of anilines is 2. The maximum atomic E-state index is 2.56. The number of hydrogen-bond acceptors (Lipinski definition) is 2. The van der Waals surface area contributed by atoms with Crippen LogP contribution in [0, 0.1) is 0 Å². The number of allylic oxidation sites excluding steroid dienone is 2. The van der Waals surface area contributed by atoms with Crippen molar-refractivity contribution in [3.8, 4) is 27.9 Å². The summed E-state index contributed by atoms with van der Waals surface area (Å²) in [7, 11) is 0. The van der Waals surface area contributed by atoms with Gasteiger partial charge in [-0.3, -0.25) is 0 Å². The van der Waals surface area contributed by atoms with Crippen molar-refractivity contribution in [3.63, 3.8) is 0 Å². The molecule has 0 amide bonds. The van der Waals surface area contributed by atoms with E-state index in [1.807, 2.05) is 11.3 Å². The van der Waals surface area contributed by atoms with Crippen molar-refractivity contribution < 1.29 is 0 Å². The van der Waals surface area contributed by atoms with Gasteiger partial charge in [-0.2, -0.15) is 0 Å². The van der Waals surface area contributed by atoms with Gasteiger partial charge in [-0.25, -0.2) is 0 Å². The first-order chi connectivity index (χ1) is 27.6. The third-order valence-electron chi connectivity index (χ3n) is 12.3. The summed E-state index contributed by atoms with van der Waals surface area (Å²) in [5, 5.41) is 7.71. The molecule has 56 heavy (non-hydrogen) atoms. The normalized spacial score (nSPS) is 16.3. The van der Waals surface area contributed by atoms with Crippen molar-refractivity contribution in [1.29, 1.82) is 0 Å². The molecule has 2 aromatic heterocycles. The first-order valence-corrected chi connectivity index (χ1v) is 20.3. The van der Waals surface area contributed by atoms with E-state index in [2.05, 4.69) is 204 Å². The topological polar surface area (TPSA) is 8.17 Å². The highest BCUT2D eigenvalue weighted by atomic mass is 32.1. The second-order valence-corrected chi connectivity index (χ2v) is 16.6. The van der Waals surface area contributed by atoms with Gasteiger partial charge in [0.1, 0.15) is 0 Å². The van der Waals surface area contributed by atoms with Crippen molar-refractivity contribution in [2.45, 2.75) is 18.9 Å². The average molecular weight is 733 g/mol. The molecule has 0 fully saturated rings. The van der Waals surface area contributed by atoms with Gasteiger partial charge in [0.25, 0.3) is 0 Å². The van der Waals surface area contributed by atoms with Crippen molar-refractivity contribution >= 4 is 81.0 Å². The Labute approximate surface area is 329 Å². The van der Waals surface area contributed by atoms with Crippen LogP contribution in [0.4, 0.5) is 11.4 Å². The van der Waals surface area contributed by atoms with Gasteiger partial charge in [0, 0.05) is 53.6 Å². The molecule has 264 valence electrons. The van der Waals surface area contributed by atoms with E-state index in [1.165, 1.54) is 103 Å². The molecule has 10 aromatic rings. The molecular weight excluding hydrogens is 697 g/mol. The number of nitrogens with zero attached hydrogens (tertiary/aromatic N) is 2. The Bertz CT molecular complexity index is 3290. The third-order valence-corrected chi connectivity index (χ3v) is 13.5. The lowest BCUT2D eigenvalue weighted by Crippen LogP contribution is -2.40. The second-order valence-electron chi connectivity index (χ2n) is 15.5. The first-order valence-electron chi connectivity index (χ1n) is 19.5. The predicted octanol–water partition coefficient (Wildman–Crippen LogP) is 14.9. The van der Waals surface area contributed by atoms with E-state index >= 15 is 0 Å². The van der Waals surface area contributed by atoms with Crippen LogP contribution in [0.15, 0.2) is 188 Å². The van der Waals surface area contributed by atoms with Crippen LogP contribution in [0.1, 0.15) is 18.9 Å². The molecule has 0 radical (unpaired) electrons. The molecule has 1 aliphatic carbocycles. The van der Waals surface area contributed by atoms with Gasteiger partial charge in [-0.05, 0) is 113 Å². The maximum Gasteiger partial charge on any atom is 0.0715 e. The zero-order valence-corrected chi connectivity index (χ0v) is 31.7. The van der Waals surface area contributed by atoms with E-state index in [0.29, 0.717) is 0 Å². The van der Waals surface area contributed by atoms with Crippen molar-refractivity contribution in [1.82, 2.24) is 4.57 Å². The van der Waals surface area contributed by atoms with E-state index < -0.39 is 0 Å². The molecule has 12 rings (SSSR count). The van der Waals surface area contributed by atoms with E-state index in [1.54, 1.807) is 0 Å². The van der Waals surface area contributed by atoms with Gasteiger partial charge in [-0.1, -0.05) is 127 Å². The molecule has 0 spiro atoms. The molecule has 3 heteroatoms. The van der Waals surface area contributed by atoms with Gasteiger partial charge in [-0.15, -0.1) is 11.3 Å². The number of aromatic nitrogens is 1. The monoisotopic (exact) mass is 732 g/mol. The van der Waals surface area contributed by atoms with Gasteiger partial charge in [0.2, 0.25) is 0 Å². The summed E-state index contributed by atoms with van der Waals surface area (Å²) in [6, 6.07) is 63.1. The highest BCUT2D eigenvalue weighted by molar-refractivity contribution is 7.26. The molecule has 2 nitrogen and oxygen atoms in total. The highest BCUT2D eigenvalue weighted by Crippen LogP contribution is 2.55. The number of rotatable bonds is 4. The Hall–Kier alpha value is -6.68. The SMILES string of the molecule is CC12CC=CC=C1c1cc(-c3ccc4c(c3)c3ccc5sc6ccccc6c5c3n4-c3ccc4ccccc4c3)ccc1N2c1ccc(-c2ccccc2)cc1. The summed E-state index contributed by atoms with van der Waals surface area (Å²) < 4.78 is 5.15. The Morgan fingerprint density at radius 1 is 0.536 bits per heavy atom. The lowest BCUT2D eigenvalue weighted by Gasteiger charge is -2.39. The molecule has 1 unspecified atom stereocenters.